The lowest BCUT2D eigenvalue weighted by Crippen LogP contribution is -2.20. The van der Waals surface area contributed by atoms with Gasteiger partial charge in [0, 0.05) is 11.6 Å². The Morgan fingerprint density at radius 3 is 2.56 bits per heavy atom. The summed E-state index contributed by atoms with van der Waals surface area (Å²) in [6.07, 6.45) is -3.18. The van der Waals surface area contributed by atoms with Crippen LogP contribution in [0, 0.1) is 5.82 Å². The van der Waals surface area contributed by atoms with Crippen LogP contribution in [0.4, 0.5) is 17.6 Å². The Morgan fingerprint density at radius 1 is 1.25 bits per heavy atom. The lowest BCUT2D eigenvalue weighted by Gasteiger charge is -2.18. The summed E-state index contributed by atoms with van der Waals surface area (Å²) in [7, 11) is 0. The van der Waals surface area contributed by atoms with E-state index in [1.54, 1.807) is 0 Å². The lowest BCUT2D eigenvalue weighted by atomic mass is 9.98. The maximum atomic E-state index is 13.5. The predicted molar refractivity (Wildman–Crippen MR) is 51.4 cm³/mol. The van der Waals surface area contributed by atoms with E-state index in [2.05, 4.69) is 5.32 Å². The lowest BCUT2D eigenvalue weighted by molar-refractivity contribution is -0.138. The molecule has 1 aromatic rings. The first-order valence-corrected chi connectivity index (χ1v) is 5.09. The third-order valence-electron chi connectivity index (χ3n) is 2.77. The summed E-state index contributed by atoms with van der Waals surface area (Å²) in [4.78, 5) is 0. The van der Waals surface area contributed by atoms with E-state index in [4.69, 9.17) is 0 Å². The van der Waals surface area contributed by atoms with Crippen molar-refractivity contribution in [2.75, 3.05) is 6.54 Å². The van der Waals surface area contributed by atoms with Crippen molar-refractivity contribution >= 4 is 0 Å². The average Bonchev–Trinajstić information content (AvgIpc) is 2.68. The van der Waals surface area contributed by atoms with Gasteiger partial charge in [-0.3, -0.25) is 0 Å². The van der Waals surface area contributed by atoms with Crippen LogP contribution in [0.2, 0.25) is 0 Å². The van der Waals surface area contributed by atoms with Gasteiger partial charge in [-0.25, -0.2) is 4.39 Å². The zero-order chi connectivity index (χ0) is 11.8. The molecule has 1 heterocycles. The third-order valence-corrected chi connectivity index (χ3v) is 2.77. The Kier molecular flexibility index (Phi) is 2.88. The Labute approximate surface area is 90.5 Å². The molecule has 0 aliphatic carbocycles. The second kappa shape index (κ2) is 4.05. The van der Waals surface area contributed by atoms with Crippen molar-refractivity contribution in [3.63, 3.8) is 0 Å². The summed E-state index contributed by atoms with van der Waals surface area (Å²) in [5, 5.41) is 2.89. The first-order chi connectivity index (χ1) is 7.50. The molecule has 0 unspecified atom stereocenters. The SMILES string of the molecule is Fc1cccc(C(F)(F)F)c1[C@@H]1CCCN1. The molecule has 0 saturated carbocycles. The van der Waals surface area contributed by atoms with Crippen LogP contribution >= 0.6 is 0 Å². The zero-order valence-electron chi connectivity index (χ0n) is 8.44. The Hall–Kier alpha value is -1.10. The summed E-state index contributed by atoms with van der Waals surface area (Å²) in [5.74, 6) is -0.783. The summed E-state index contributed by atoms with van der Waals surface area (Å²) >= 11 is 0. The predicted octanol–water partition coefficient (Wildman–Crippen LogP) is 3.27. The van der Waals surface area contributed by atoms with E-state index in [0.29, 0.717) is 13.0 Å². The van der Waals surface area contributed by atoms with Crippen LogP contribution in [0.25, 0.3) is 0 Å². The van der Waals surface area contributed by atoms with Crippen LogP contribution in [-0.2, 0) is 6.18 Å². The van der Waals surface area contributed by atoms with Crippen LogP contribution in [-0.4, -0.2) is 6.54 Å². The van der Waals surface area contributed by atoms with Gasteiger partial charge in [0.1, 0.15) is 5.82 Å². The van der Waals surface area contributed by atoms with Crippen LogP contribution in [0.3, 0.4) is 0 Å². The Morgan fingerprint density at radius 2 is 2.00 bits per heavy atom. The molecule has 1 aliphatic heterocycles. The van der Waals surface area contributed by atoms with Crippen LogP contribution in [0.15, 0.2) is 18.2 Å². The average molecular weight is 233 g/mol. The number of halogens is 4. The third kappa shape index (κ3) is 2.04. The van der Waals surface area contributed by atoms with Gasteiger partial charge in [-0.15, -0.1) is 0 Å². The highest BCUT2D eigenvalue weighted by Gasteiger charge is 2.37. The minimum Gasteiger partial charge on any atom is -0.310 e. The highest BCUT2D eigenvalue weighted by Crippen LogP contribution is 2.38. The monoisotopic (exact) mass is 233 g/mol. The molecule has 0 radical (unpaired) electrons. The van der Waals surface area contributed by atoms with E-state index in [9.17, 15) is 17.6 Å². The van der Waals surface area contributed by atoms with E-state index >= 15 is 0 Å². The minimum absolute atomic E-state index is 0.243. The molecule has 0 spiro atoms. The van der Waals surface area contributed by atoms with Crippen LogP contribution < -0.4 is 5.32 Å². The quantitative estimate of drug-likeness (QED) is 0.734. The number of hydrogen-bond acceptors (Lipinski definition) is 1. The van der Waals surface area contributed by atoms with E-state index in [1.807, 2.05) is 0 Å². The second-order valence-electron chi connectivity index (χ2n) is 3.85. The summed E-state index contributed by atoms with van der Waals surface area (Å²) in [5.41, 5.74) is -1.11. The van der Waals surface area contributed by atoms with E-state index in [0.717, 1.165) is 24.6 Å². The molecule has 5 heteroatoms. The van der Waals surface area contributed by atoms with E-state index in [1.165, 1.54) is 0 Å². The molecule has 1 atom stereocenters. The number of alkyl halides is 3. The van der Waals surface area contributed by atoms with Gasteiger partial charge in [0.05, 0.1) is 5.56 Å². The summed E-state index contributed by atoms with van der Waals surface area (Å²) in [6, 6.07) is 2.58. The summed E-state index contributed by atoms with van der Waals surface area (Å²) in [6.45, 7) is 0.635. The van der Waals surface area contributed by atoms with Crippen LogP contribution in [0.1, 0.15) is 30.0 Å². The molecule has 1 aromatic carbocycles. The van der Waals surface area contributed by atoms with Crippen molar-refractivity contribution in [2.45, 2.75) is 25.1 Å². The molecule has 0 bridgehead atoms. The molecule has 0 aromatic heterocycles. The van der Waals surface area contributed by atoms with E-state index < -0.39 is 23.6 Å². The van der Waals surface area contributed by atoms with Crippen molar-refractivity contribution in [3.05, 3.63) is 35.1 Å². The van der Waals surface area contributed by atoms with E-state index in [-0.39, 0.29) is 5.56 Å². The standard InChI is InChI=1S/C11H11F4N/c12-8-4-1-3-7(11(13,14)15)10(8)9-5-2-6-16-9/h1,3-4,9,16H,2,5-6H2/t9-/m0/s1. The molecule has 1 fully saturated rings. The topological polar surface area (TPSA) is 12.0 Å². The number of rotatable bonds is 1. The molecule has 1 N–H and O–H groups in total. The van der Waals surface area contributed by atoms with Crippen molar-refractivity contribution in [1.29, 1.82) is 0 Å². The molecule has 1 aliphatic rings. The number of benzene rings is 1. The van der Waals surface area contributed by atoms with Gasteiger partial charge in [0.15, 0.2) is 0 Å². The minimum atomic E-state index is -4.50. The Bertz CT molecular complexity index is 380. The largest absolute Gasteiger partial charge is 0.416 e. The Balaban J connectivity index is 2.48. The first-order valence-electron chi connectivity index (χ1n) is 5.09. The van der Waals surface area contributed by atoms with Crippen molar-refractivity contribution in [1.82, 2.24) is 5.32 Å². The highest BCUT2D eigenvalue weighted by atomic mass is 19.4. The molecule has 88 valence electrons. The van der Waals surface area contributed by atoms with Crippen molar-refractivity contribution in [2.24, 2.45) is 0 Å². The normalized spacial score (nSPS) is 21.4. The number of nitrogens with one attached hydrogen (secondary N) is 1. The molecule has 2 rings (SSSR count). The first kappa shape index (κ1) is 11.4. The van der Waals surface area contributed by atoms with Gasteiger partial charge in [0.25, 0.3) is 0 Å². The fourth-order valence-corrected chi connectivity index (χ4v) is 2.07. The van der Waals surface area contributed by atoms with Crippen molar-refractivity contribution in [3.8, 4) is 0 Å². The molecular weight excluding hydrogens is 222 g/mol. The van der Waals surface area contributed by atoms with Crippen LogP contribution in [0.5, 0.6) is 0 Å². The number of hydrogen-bond donors (Lipinski definition) is 1. The maximum Gasteiger partial charge on any atom is 0.416 e. The van der Waals surface area contributed by atoms with Gasteiger partial charge in [-0.05, 0) is 31.5 Å². The van der Waals surface area contributed by atoms with Crippen molar-refractivity contribution < 1.29 is 17.6 Å². The highest BCUT2D eigenvalue weighted by molar-refractivity contribution is 5.34. The molecule has 1 saturated heterocycles. The fourth-order valence-electron chi connectivity index (χ4n) is 2.07. The van der Waals surface area contributed by atoms with Gasteiger partial charge < -0.3 is 5.32 Å². The maximum absolute atomic E-state index is 13.5. The van der Waals surface area contributed by atoms with Gasteiger partial charge in [-0.1, -0.05) is 6.07 Å². The van der Waals surface area contributed by atoms with Gasteiger partial charge in [-0.2, -0.15) is 13.2 Å². The molecule has 1 nitrogen and oxygen atoms in total. The smallest absolute Gasteiger partial charge is 0.310 e. The second-order valence-corrected chi connectivity index (χ2v) is 3.85. The molecular formula is C11H11F4N. The fraction of sp³-hybridized carbons (Fsp3) is 0.455. The van der Waals surface area contributed by atoms with Gasteiger partial charge in [0.2, 0.25) is 0 Å². The van der Waals surface area contributed by atoms with Gasteiger partial charge >= 0.3 is 6.18 Å². The molecule has 0 amide bonds. The zero-order valence-corrected chi connectivity index (χ0v) is 8.44. The molecule has 16 heavy (non-hydrogen) atoms. The summed E-state index contributed by atoms with van der Waals surface area (Å²) < 4.78 is 51.6.